The van der Waals surface area contributed by atoms with Gasteiger partial charge in [0.25, 0.3) is 5.69 Å². The molecule has 108 valence electrons. The maximum absolute atomic E-state index is 10.8. The molecule has 2 aromatic heterocycles. The summed E-state index contributed by atoms with van der Waals surface area (Å²) in [7, 11) is 0. The zero-order chi connectivity index (χ0) is 15.7. The zero-order valence-electron chi connectivity index (χ0n) is 11.3. The average Bonchev–Trinajstić information content (AvgIpc) is 2.87. The highest BCUT2D eigenvalue weighted by atomic mass is 16.6. The van der Waals surface area contributed by atoms with Crippen molar-refractivity contribution < 1.29 is 4.92 Å². The predicted octanol–water partition coefficient (Wildman–Crippen LogP) is 1.84. The summed E-state index contributed by atoms with van der Waals surface area (Å²) < 4.78 is 1.73. The number of rotatable bonds is 3. The zero-order valence-corrected chi connectivity index (χ0v) is 11.3. The Morgan fingerprint density at radius 1 is 1.41 bits per heavy atom. The molecule has 3 rings (SSSR count). The first-order valence-corrected chi connectivity index (χ1v) is 6.33. The maximum Gasteiger partial charge on any atom is 0.269 e. The van der Waals surface area contributed by atoms with Gasteiger partial charge in [-0.25, -0.2) is 9.97 Å². The van der Waals surface area contributed by atoms with Gasteiger partial charge in [0.05, 0.1) is 15.9 Å². The number of nitrogens with zero attached hydrogens (tertiary/aromatic N) is 5. The molecule has 8 nitrogen and oxygen atoms in total. The maximum atomic E-state index is 10.8. The highest BCUT2D eigenvalue weighted by Gasteiger charge is 2.14. The molecule has 22 heavy (non-hydrogen) atoms. The smallest absolute Gasteiger partial charge is 0.269 e. The van der Waals surface area contributed by atoms with Gasteiger partial charge in [0.1, 0.15) is 23.9 Å². The van der Waals surface area contributed by atoms with Crippen molar-refractivity contribution in [1.29, 1.82) is 5.26 Å². The number of anilines is 1. The van der Waals surface area contributed by atoms with E-state index in [2.05, 4.69) is 16.0 Å². The molecule has 2 heterocycles. The van der Waals surface area contributed by atoms with Crippen molar-refractivity contribution in [2.24, 2.45) is 0 Å². The number of aromatic nitrogens is 3. The van der Waals surface area contributed by atoms with Gasteiger partial charge in [-0.1, -0.05) is 12.1 Å². The van der Waals surface area contributed by atoms with Crippen LogP contribution < -0.4 is 5.73 Å². The predicted molar refractivity (Wildman–Crippen MR) is 78.9 cm³/mol. The number of nitriles is 1. The summed E-state index contributed by atoms with van der Waals surface area (Å²) in [4.78, 5) is 18.4. The van der Waals surface area contributed by atoms with Crippen LogP contribution in [0.1, 0.15) is 11.1 Å². The summed E-state index contributed by atoms with van der Waals surface area (Å²) in [6.45, 7) is 0.344. The molecule has 0 radical (unpaired) electrons. The van der Waals surface area contributed by atoms with Crippen LogP contribution in [-0.2, 0) is 6.54 Å². The van der Waals surface area contributed by atoms with E-state index in [1.807, 2.05) is 0 Å². The second kappa shape index (κ2) is 5.14. The first-order valence-electron chi connectivity index (χ1n) is 6.33. The van der Waals surface area contributed by atoms with Crippen molar-refractivity contribution in [3.05, 3.63) is 58.0 Å². The molecule has 0 aliphatic carbocycles. The molecule has 0 bridgehead atoms. The van der Waals surface area contributed by atoms with Crippen LogP contribution in [0.15, 0.2) is 36.8 Å². The van der Waals surface area contributed by atoms with Gasteiger partial charge in [0.15, 0.2) is 0 Å². The summed E-state index contributed by atoms with van der Waals surface area (Å²) >= 11 is 0. The summed E-state index contributed by atoms with van der Waals surface area (Å²) in [5.41, 5.74) is 7.44. The number of fused-ring (bicyclic) bond motifs is 1. The molecular formula is C14H10N6O2. The summed E-state index contributed by atoms with van der Waals surface area (Å²) in [6.07, 6.45) is 2.94. The van der Waals surface area contributed by atoms with Crippen LogP contribution in [0.5, 0.6) is 0 Å². The molecule has 1 aromatic carbocycles. The van der Waals surface area contributed by atoms with E-state index in [0.29, 0.717) is 23.1 Å². The first kappa shape index (κ1) is 13.5. The molecule has 0 amide bonds. The largest absolute Gasteiger partial charge is 0.383 e. The third kappa shape index (κ3) is 2.20. The SMILES string of the molecule is N#Cc1cn(Cc2cccc([N+](=O)[O-])c2)c2ncnc(N)c12. The number of hydrogen-bond donors (Lipinski definition) is 1. The topological polar surface area (TPSA) is 124 Å². The number of nitrogens with two attached hydrogens (primary N) is 1. The lowest BCUT2D eigenvalue weighted by molar-refractivity contribution is -0.384. The van der Waals surface area contributed by atoms with E-state index in [9.17, 15) is 15.4 Å². The van der Waals surface area contributed by atoms with Gasteiger partial charge in [-0.05, 0) is 5.56 Å². The van der Waals surface area contributed by atoms with E-state index in [1.54, 1.807) is 22.9 Å². The minimum atomic E-state index is -0.446. The lowest BCUT2D eigenvalue weighted by Gasteiger charge is -2.05. The molecule has 8 heteroatoms. The Hall–Kier alpha value is -3.47. The molecule has 0 spiro atoms. The van der Waals surface area contributed by atoms with Crippen LogP contribution in [-0.4, -0.2) is 19.5 Å². The van der Waals surface area contributed by atoms with Crippen LogP contribution in [0.2, 0.25) is 0 Å². The first-order chi connectivity index (χ1) is 10.6. The average molecular weight is 294 g/mol. The number of hydrogen-bond acceptors (Lipinski definition) is 6. The molecule has 0 aliphatic rings. The minimum absolute atomic E-state index is 0.0172. The fraction of sp³-hybridized carbons (Fsp3) is 0.0714. The number of nitro benzene ring substituents is 1. The lowest BCUT2D eigenvalue weighted by atomic mass is 10.2. The van der Waals surface area contributed by atoms with Gasteiger partial charge in [0, 0.05) is 24.9 Å². The van der Waals surface area contributed by atoms with Gasteiger partial charge in [-0.2, -0.15) is 5.26 Å². The summed E-state index contributed by atoms with van der Waals surface area (Å²) in [5.74, 6) is 0.236. The highest BCUT2D eigenvalue weighted by Crippen LogP contribution is 2.24. The summed E-state index contributed by atoms with van der Waals surface area (Å²) in [6, 6.07) is 8.37. The van der Waals surface area contributed by atoms with Crippen LogP contribution in [0, 0.1) is 21.4 Å². The molecule has 0 atom stereocenters. The quantitative estimate of drug-likeness (QED) is 0.580. The number of non-ortho nitro benzene ring substituents is 1. The molecule has 0 saturated heterocycles. The Kier molecular flexibility index (Phi) is 3.16. The number of nitro groups is 1. The van der Waals surface area contributed by atoms with E-state index in [-0.39, 0.29) is 11.5 Å². The summed E-state index contributed by atoms with van der Waals surface area (Å²) in [5, 5.41) is 20.5. The van der Waals surface area contributed by atoms with E-state index in [0.717, 1.165) is 5.56 Å². The normalized spacial score (nSPS) is 10.5. The monoisotopic (exact) mass is 294 g/mol. The van der Waals surface area contributed by atoms with Crippen molar-refractivity contribution in [1.82, 2.24) is 14.5 Å². The Bertz CT molecular complexity index is 925. The van der Waals surface area contributed by atoms with Crippen LogP contribution in [0.25, 0.3) is 11.0 Å². The van der Waals surface area contributed by atoms with Crippen molar-refractivity contribution in [2.75, 3.05) is 5.73 Å². The molecule has 3 aromatic rings. The van der Waals surface area contributed by atoms with E-state index >= 15 is 0 Å². The van der Waals surface area contributed by atoms with E-state index in [4.69, 9.17) is 5.73 Å². The Morgan fingerprint density at radius 3 is 2.95 bits per heavy atom. The molecule has 2 N–H and O–H groups in total. The highest BCUT2D eigenvalue weighted by molar-refractivity contribution is 5.91. The van der Waals surface area contributed by atoms with Gasteiger partial charge < -0.3 is 10.3 Å². The lowest BCUT2D eigenvalue weighted by Crippen LogP contribution is -2.01. The van der Waals surface area contributed by atoms with E-state index < -0.39 is 4.92 Å². The van der Waals surface area contributed by atoms with E-state index in [1.165, 1.54) is 18.5 Å². The van der Waals surface area contributed by atoms with Gasteiger partial charge in [-0.15, -0.1) is 0 Å². The van der Waals surface area contributed by atoms with Crippen molar-refractivity contribution in [3.63, 3.8) is 0 Å². The number of nitrogen functional groups attached to an aromatic ring is 1. The standard InChI is InChI=1S/C14H10N6O2/c15-5-10-7-19(14-12(10)13(16)17-8-18-14)6-9-2-1-3-11(4-9)20(21)22/h1-4,7-8H,6H2,(H2,16,17,18). The van der Waals surface area contributed by atoms with Crippen LogP contribution in [0.3, 0.4) is 0 Å². The van der Waals surface area contributed by atoms with Gasteiger partial charge in [-0.3, -0.25) is 10.1 Å². The fourth-order valence-corrected chi connectivity index (χ4v) is 2.32. The minimum Gasteiger partial charge on any atom is -0.383 e. The van der Waals surface area contributed by atoms with Crippen molar-refractivity contribution >= 4 is 22.5 Å². The van der Waals surface area contributed by atoms with Crippen molar-refractivity contribution in [3.8, 4) is 6.07 Å². The van der Waals surface area contributed by atoms with Crippen molar-refractivity contribution in [2.45, 2.75) is 6.54 Å². The Morgan fingerprint density at radius 2 is 2.23 bits per heavy atom. The van der Waals surface area contributed by atoms with Crippen LogP contribution >= 0.6 is 0 Å². The number of benzene rings is 1. The van der Waals surface area contributed by atoms with Crippen LogP contribution in [0.4, 0.5) is 11.5 Å². The van der Waals surface area contributed by atoms with Gasteiger partial charge in [0.2, 0.25) is 0 Å². The van der Waals surface area contributed by atoms with Gasteiger partial charge >= 0.3 is 0 Å². The Balaban J connectivity index is 2.09. The fourth-order valence-electron chi connectivity index (χ4n) is 2.32. The molecule has 0 saturated carbocycles. The molecule has 0 aliphatic heterocycles. The Labute approximate surface area is 124 Å². The third-order valence-corrected chi connectivity index (χ3v) is 3.28. The second-order valence-electron chi connectivity index (χ2n) is 4.67. The molecular weight excluding hydrogens is 284 g/mol. The molecule has 0 fully saturated rings. The third-order valence-electron chi connectivity index (χ3n) is 3.28. The molecule has 0 unspecified atom stereocenters. The second-order valence-corrected chi connectivity index (χ2v) is 4.67.